The predicted octanol–water partition coefficient (Wildman–Crippen LogP) is 2.38. The predicted molar refractivity (Wildman–Crippen MR) is 69.9 cm³/mol. The monoisotopic (exact) mass is 270 g/mol. The topological polar surface area (TPSA) is 52.8 Å². The average molecular weight is 270 g/mol. The van der Waals surface area contributed by atoms with Crippen LogP contribution in [0.25, 0.3) is 5.69 Å². The summed E-state index contributed by atoms with van der Waals surface area (Å²) in [6.45, 7) is 0.191. The number of benzene rings is 2. The molecule has 0 bridgehead atoms. The smallest absolute Gasteiger partial charge is 0.143 e. The number of tetrazole rings is 1. The van der Waals surface area contributed by atoms with Crippen LogP contribution in [0.15, 0.2) is 54.9 Å². The highest BCUT2D eigenvalue weighted by atomic mass is 19.1. The Morgan fingerprint density at radius 2 is 1.85 bits per heavy atom. The minimum Gasteiger partial charge on any atom is -0.489 e. The van der Waals surface area contributed by atoms with Crippen LogP contribution in [0.3, 0.4) is 0 Å². The Morgan fingerprint density at radius 1 is 1.05 bits per heavy atom. The van der Waals surface area contributed by atoms with Gasteiger partial charge in [-0.1, -0.05) is 18.2 Å². The van der Waals surface area contributed by atoms with Crippen LogP contribution < -0.4 is 4.74 Å². The van der Waals surface area contributed by atoms with Crippen LogP contribution in [0, 0.1) is 5.82 Å². The molecule has 0 radical (unpaired) electrons. The minimum absolute atomic E-state index is 0.191. The summed E-state index contributed by atoms with van der Waals surface area (Å²) in [5.74, 6) is 0.392. The van der Waals surface area contributed by atoms with Gasteiger partial charge < -0.3 is 4.74 Å². The summed E-state index contributed by atoms with van der Waals surface area (Å²) in [6.07, 6.45) is 1.51. The van der Waals surface area contributed by atoms with Gasteiger partial charge in [0, 0.05) is 5.56 Å². The van der Waals surface area contributed by atoms with Gasteiger partial charge in [0.15, 0.2) is 0 Å². The lowest BCUT2D eigenvalue weighted by molar-refractivity contribution is 0.300. The van der Waals surface area contributed by atoms with Gasteiger partial charge in [0.2, 0.25) is 0 Å². The molecule has 0 amide bonds. The summed E-state index contributed by atoms with van der Waals surface area (Å²) in [5, 5.41) is 10.9. The molecule has 0 spiro atoms. The maximum Gasteiger partial charge on any atom is 0.143 e. The van der Waals surface area contributed by atoms with Crippen molar-refractivity contribution in [2.24, 2.45) is 0 Å². The molecule has 0 unspecified atom stereocenters. The van der Waals surface area contributed by atoms with Crippen molar-refractivity contribution in [3.63, 3.8) is 0 Å². The van der Waals surface area contributed by atoms with Gasteiger partial charge in [-0.05, 0) is 40.8 Å². The first-order valence-electron chi connectivity index (χ1n) is 6.02. The summed E-state index contributed by atoms with van der Waals surface area (Å²) >= 11 is 0. The maximum atomic E-state index is 13.4. The van der Waals surface area contributed by atoms with Crippen LogP contribution in [0.2, 0.25) is 0 Å². The van der Waals surface area contributed by atoms with Crippen LogP contribution in [-0.4, -0.2) is 20.2 Å². The van der Waals surface area contributed by atoms with E-state index in [0.29, 0.717) is 11.3 Å². The van der Waals surface area contributed by atoms with Gasteiger partial charge >= 0.3 is 0 Å². The van der Waals surface area contributed by atoms with Gasteiger partial charge in [0.25, 0.3) is 0 Å². The minimum atomic E-state index is -0.266. The molecule has 0 saturated heterocycles. The van der Waals surface area contributed by atoms with E-state index in [1.165, 1.54) is 12.4 Å². The Balaban J connectivity index is 1.68. The van der Waals surface area contributed by atoms with E-state index in [1.54, 1.807) is 35.0 Å². The molecule has 0 fully saturated rings. The number of halogens is 1. The number of nitrogens with zero attached hydrogens (tertiary/aromatic N) is 4. The van der Waals surface area contributed by atoms with E-state index in [2.05, 4.69) is 15.5 Å². The Bertz CT molecular complexity index is 683. The molecule has 1 aromatic heterocycles. The molecular formula is C14H11FN4O. The Morgan fingerprint density at radius 3 is 2.55 bits per heavy atom. The molecule has 0 aliphatic rings. The van der Waals surface area contributed by atoms with Gasteiger partial charge in [0.05, 0.1) is 5.69 Å². The number of aromatic nitrogens is 4. The molecule has 0 aliphatic heterocycles. The highest BCUT2D eigenvalue weighted by molar-refractivity contribution is 5.36. The van der Waals surface area contributed by atoms with Crippen molar-refractivity contribution in [2.45, 2.75) is 6.61 Å². The fourth-order valence-corrected chi connectivity index (χ4v) is 1.75. The number of hydrogen-bond donors (Lipinski definition) is 0. The van der Waals surface area contributed by atoms with Crippen molar-refractivity contribution in [1.82, 2.24) is 20.2 Å². The van der Waals surface area contributed by atoms with E-state index in [4.69, 9.17) is 4.74 Å². The molecule has 0 saturated carbocycles. The third kappa shape index (κ3) is 2.64. The second-order valence-electron chi connectivity index (χ2n) is 4.13. The van der Waals surface area contributed by atoms with Crippen molar-refractivity contribution >= 4 is 0 Å². The standard InChI is InChI=1S/C14H11FN4O/c15-14-4-2-1-3-11(14)9-20-13-7-5-12(6-8-13)19-10-16-17-18-19/h1-8,10H,9H2. The summed E-state index contributed by atoms with van der Waals surface area (Å²) in [7, 11) is 0. The van der Waals surface area contributed by atoms with E-state index in [0.717, 1.165) is 5.69 Å². The fourth-order valence-electron chi connectivity index (χ4n) is 1.75. The highest BCUT2D eigenvalue weighted by Crippen LogP contribution is 2.16. The van der Waals surface area contributed by atoms with E-state index >= 15 is 0 Å². The quantitative estimate of drug-likeness (QED) is 0.730. The zero-order valence-corrected chi connectivity index (χ0v) is 10.5. The summed E-state index contributed by atoms with van der Waals surface area (Å²) < 4.78 is 20.5. The maximum absolute atomic E-state index is 13.4. The number of hydrogen-bond acceptors (Lipinski definition) is 4. The van der Waals surface area contributed by atoms with Gasteiger partial charge in [-0.2, -0.15) is 0 Å². The molecule has 100 valence electrons. The molecule has 3 rings (SSSR count). The zero-order chi connectivity index (χ0) is 13.8. The SMILES string of the molecule is Fc1ccccc1COc1ccc(-n2cnnn2)cc1. The Kier molecular flexibility index (Phi) is 3.36. The first-order chi connectivity index (χ1) is 9.83. The number of rotatable bonds is 4. The Labute approximate surface area is 114 Å². The molecule has 6 heteroatoms. The lowest BCUT2D eigenvalue weighted by Gasteiger charge is -2.07. The van der Waals surface area contributed by atoms with E-state index in [9.17, 15) is 4.39 Å². The van der Waals surface area contributed by atoms with Gasteiger partial charge in [0.1, 0.15) is 24.5 Å². The Hall–Kier alpha value is -2.76. The molecule has 1 heterocycles. The van der Waals surface area contributed by atoms with Crippen LogP contribution in [-0.2, 0) is 6.61 Å². The first-order valence-corrected chi connectivity index (χ1v) is 6.02. The van der Waals surface area contributed by atoms with Crippen molar-refractivity contribution in [3.05, 3.63) is 66.2 Å². The van der Waals surface area contributed by atoms with Gasteiger partial charge in [-0.25, -0.2) is 9.07 Å². The third-order valence-corrected chi connectivity index (χ3v) is 2.80. The van der Waals surface area contributed by atoms with E-state index in [-0.39, 0.29) is 12.4 Å². The first kappa shape index (κ1) is 12.3. The second-order valence-corrected chi connectivity index (χ2v) is 4.13. The van der Waals surface area contributed by atoms with Gasteiger partial charge in [-0.3, -0.25) is 0 Å². The van der Waals surface area contributed by atoms with Crippen LogP contribution in [0.1, 0.15) is 5.56 Å². The van der Waals surface area contributed by atoms with Crippen molar-refractivity contribution < 1.29 is 9.13 Å². The molecule has 5 nitrogen and oxygen atoms in total. The van der Waals surface area contributed by atoms with Crippen molar-refractivity contribution in [2.75, 3.05) is 0 Å². The highest BCUT2D eigenvalue weighted by Gasteiger charge is 2.02. The van der Waals surface area contributed by atoms with Crippen molar-refractivity contribution in [1.29, 1.82) is 0 Å². The summed E-state index contributed by atoms with van der Waals surface area (Å²) in [5.41, 5.74) is 1.35. The summed E-state index contributed by atoms with van der Waals surface area (Å²) in [4.78, 5) is 0. The fraction of sp³-hybridized carbons (Fsp3) is 0.0714. The van der Waals surface area contributed by atoms with Crippen molar-refractivity contribution in [3.8, 4) is 11.4 Å². The molecule has 0 N–H and O–H groups in total. The normalized spacial score (nSPS) is 10.4. The lowest BCUT2D eigenvalue weighted by Crippen LogP contribution is -1.99. The third-order valence-electron chi connectivity index (χ3n) is 2.80. The van der Waals surface area contributed by atoms with Crippen LogP contribution in [0.5, 0.6) is 5.75 Å². The molecule has 20 heavy (non-hydrogen) atoms. The van der Waals surface area contributed by atoms with E-state index in [1.807, 2.05) is 12.1 Å². The zero-order valence-electron chi connectivity index (χ0n) is 10.5. The average Bonchev–Trinajstić information content (AvgIpc) is 3.01. The van der Waals surface area contributed by atoms with Crippen LogP contribution in [0.4, 0.5) is 4.39 Å². The molecule has 0 atom stereocenters. The van der Waals surface area contributed by atoms with Crippen LogP contribution >= 0.6 is 0 Å². The van der Waals surface area contributed by atoms with E-state index < -0.39 is 0 Å². The second kappa shape index (κ2) is 5.48. The number of ether oxygens (including phenoxy) is 1. The molecule has 2 aromatic carbocycles. The lowest BCUT2D eigenvalue weighted by atomic mass is 10.2. The molecular weight excluding hydrogens is 259 g/mol. The molecule has 0 aliphatic carbocycles. The molecule has 3 aromatic rings. The largest absolute Gasteiger partial charge is 0.489 e. The summed E-state index contributed by atoms with van der Waals surface area (Å²) in [6, 6.07) is 13.8. The van der Waals surface area contributed by atoms with Gasteiger partial charge in [-0.15, -0.1) is 5.10 Å².